The van der Waals surface area contributed by atoms with Gasteiger partial charge in [0.15, 0.2) is 5.58 Å². The van der Waals surface area contributed by atoms with Crippen molar-refractivity contribution < 1.29 is 9.21 Å². The lowest BCUT2D eigenvalue weighted by atomic mass is 9.95. The fourth-order valence-corrected chi connectivity index (χ4v) is 4.83. The molecule has 4 aromatic rings. The maximum absolute atomic E-state index is 12.7. The number of para-hydroxylation sites is 2. The van der Waals surface area contributed by atoms with E-state index in [9.17, 15) is 4.79 Å². The van der Waals surface area contributed by atoms with Gasteiger partial charge in [0.2, 0.25) is 11.8 Å². The van der Waals surface area contributed by atoms with Gasteiger partial charge in [-0.05, 0) is 69.3 Å². The number of fused-ring (bicyclic) bond motifs is 1. The number of oxazole rings is 1. The summed E-state index contributed by atoms with van der Waals surface area (Å²) in [5, 5.41) is 4.17. The summed E-state index contributed by atoms with van der Waals surface area (Å²) in [6, 6.07) is 15.4. The van der Waals surface area contributed by atoms with Gasteiger partial charge in [-0.15, -0.1) is 11.3 Å². The number of rotatable bonds is 5. The zero-order valence-corrected chi connectivity index (χ0v) is 18.2. The topological polar surface area (TPSA) is 71.3 Å². The van der Waals surface area contributed by atoms with Gasteiger partial charge in [0.1, 0.15) is 5.52 Å². The smallest absolute Gasteiger partial charge is 0.227 e. The summed E-state index contributed by atoms with van der Waals surface area (Å²) >= 11 is 1.75. The molecule has 6 nitrogen and oxygen atoms in total. The molecule has 31 heavy (non-hydrogen) atoms. The Labute approximate surface area is 184 Å². The van der Waals surface area contributed by atoms with E-state index in [2.05, 4.69) is 20.2 Å². The van der Waals surface area contributed by atoms with E-state index in [1.54, 1.807) is 11.3 Å². The molecular weight excluding hydrogens is 408 g/mol. The second kappa shape index (κ2) is 8.61. The molecule has 1 saturated heterocycles. The quantitative estimate of drug-likeness (QED) is 0.474. The van der Waals surface area contributed by atoms with E-state index in [1.807, 2.05) is 61.7 Å². The highest BCUT2D eigenvalue weighted by molar-refractivity contribution is 7.11. The summed E-state index contributed by atoms with van der Waals surface area (Å²) in [5.41, 5.74) is 3.30. The highest BCUT2D eigenvalue weighted by atomic mass is 32.1. The van der Waals surface area contributed by atoms with Gasteiger partial charge in [0.05, 0.1) is 5.01 Å². The fourth-order valence-electron chi connectivity index (χ4n) is 3.99. The Morgan fingerprint density at radius 2 is 1.94 bits per heavy atom. The molecule has 158 valence electrons. The molecule has 0 atom stereocenters. The number of thiazole rings is 1. The van der Waals surface area contributed by atoms with Gasteiger partial charge >= 0.3 is 0 Å². The Bertz CT molecular complexity index is 1160. The number of amides is 1. The van der Waals surface area contributed by atoms with Gasteiger partial charge in [0.25, 0.3) is 0 Å². The molecule has 0 aliphatic carbocycles. The van der Waals surface area contributed by atoms with Crippen LogP contribution in [0, 0.1) is 12.8 Å². The van der Waals surface area contributed by atoms with Crippen LogP contribution >= 0.6 is 11.3 Å². The maximum atomic E-state index is 12.7. The fraction of sp³-hybridized carbons (Fsp3) is 0.292. The van der Waals surface area contributed by atoms with Crippen molar-refractivity contribution in [2.24, 2.45) is 5.92 Å². The van der Waals surface area contributed by atoms with Crippen LogP contribution < -0.4 is 5.32 Å². The van der Waals surface area contributed by atoms with Crippen LogP contribution in [0.5, 0.6) is 0 Å². The summed E-state index contributed by atoms with van der Waals surface area (Å²) in [6.07, 6.45) is 3.72. The van der Waals surface area contributed by atoms with Gasteiger partial charge < -0.3 is 9.73 Å². The van der Waals surface area contributed by atoms with Crippen molar-refractivity contribution in [1.29, 1.82) is 0 Å². The number of hydrogen-bond donors (Lipinski definition) is 1. The Kier molecular flexibility index (Phi) is 5.53. The van der Waals surface area contributed by atoms with Gasteiger partial charge in [-0.25, -0.2) is 9.97 Å². The minimum Gasteiger partial charge on any atom is -0.436 e. The lowest BCUT2D eigenvalue weighted by molar-refractivity contribution is -0.121. The molecule has 5 rings (SSSR count). The third-order valence-corrected chi connectivity index (χ3v) is 6.60. The van der Waals surface area contributed by atoms with E-state index >= 15 is 0 Å². The minimum atomic E-state index is 0.0520. The van der Waals surface area contributed by atoms with Crippen LogP contribution in [0.3, 0.4) is 0 Å². The van der Waals surface area contributed by atoms with Crippen molar-refractivity contribution in [3.8, 4) is 11.5 Å². The second-order valence-electron chi connectivity index (χ2n) is 7.95. The number of aryl methyl sites for hydroxylation is 1. The summed E-state index contributed by atoms with van der Waals surface area (Å²) in [7, 11) is 0. The Hall–Kier alpha value is -3.03. The number of hydrogen-bond acceptors (Lipinski definition) is 6. The number of benzene rings is 2. The van der Waals surface area contributed by atoms with Crippen molar-refractivity contribution in [2.45, 2.75) is 26.3 Å². The molecule has 1 N–H and O–H groups in total. The normalized spacial score (nSPS) is 15.4. The number of nitrogens with one attached hydrogen (secondary N) is 1. The number of nitrogens with zero attached hydrogens (tertiary/aromatic N) is 3. The first-order chi connectivity index (χ1) is 15.1. The standard InChI is InChI=1S/C24H24N4O2S/c1-16-25-14-20(31-16)15-28-12-10-17(11-13-28)23(29)26-19-8-6-18(7-9-19)24-27-21-4-2-3-5-22(21)30-24/h2-9,14,17H,10-13,15H2,1H3,(H,26,29). The number of likely N-dealkylation sites (tertiary alicyclic amines) is 1. The number of anilines is 1. The second-order valence-corrected chi connectivity index (χ2v) is 9.27. The van der Waals surface area contributed by atoms with E-state index in [0.717, 1.165) is 59.8 Å². The predicted molar refractivity (Wildman–Crippen MR) is 123 cm³/mol. The number of piperidine rings is 1. The molecule has 2 aromatic carbocycles. The zero-order chi connectivity index (χ0) is 21.2. The first-order valence-corrected chi connectivity index (χ1v) is 11.4. The van der Waals surface area contributed by atoms with Crippen molar-refractivity contribution in [2.75, 3.05) is 18.4 Å². The third kappa shape index (κ3) is 4.52. The first kappa shape index (κ1) is 19.9. The van der Waals surface area contributed by atoms with Gasteiger partial charge in [0, 0.05) is 34.8 Å². The van der Waals surface area contributed by atoms with Gasteiger partial charge in [-0.2, -0.15) is 0 Å². The molecule has 1 aliphatic heterocycles. The van der Waals surface area contributed by atoms with E-state index < -0.39 is 0 Å². The molecule has 1 aliphatic rings. The summed E-state index contributed by atoms with van der Waals surface area (Å²) in [5.74, 6) is 0.738. The number of aromatic nitrogens is 2. The highest BCUT2D eigenvalue weighted by Crippen LogP contribution is 2.26. The van der Waals surface area contributed by atoms with Crippen molar-refractivity contribution in [1.82, 2.24) is 14.9 Å². The molecule has 0 bridgehead atoms. The first-order valence-electron chi connectivity index (χ1n) is 10.5. The molecule has 7 heteroatoms. The van der Waals surface area contributed by atoms with Crippen LogP contribution in [0.1, 0.15) is 22.7 Å². The van der Waals surface area contributed by atoms with E-state index in [0.29, 0.717) is 5.89 Å². The number of carbonyl (C=O) groups excluding carboxylic acids is 1. The summed E-state index contributed by atoms with van der Waals surface area (Å²) < 4.78 is 5.82. The Morgan fingerprint density at radius 3 is 2.65 bits per heavy atom. The molecule has 0 spiro atoms. The average Bonchev–Trinajstić information content (AvgIpc) is 3.40. The van der Waals surface area contributed by atoms with Crippen LogP contribution in [0.15, 0.2) is 59.1 Å². The van der Waals surface area contributed by atoms with Crippen LogP contribution in [0.2, 0.25) is 0 Å². The number of carbonyl (C=O) groups is 1. The molecule has 2 aromatic heterocycles. The molecule has 0 radical (unpaired) electrons. The largest absolute Gasteiger partial charge is 0.436 e. The van der Waals surface area contributed by atoms with E-state index in [1.165, 1.54) is 4.88 Å². The molecule has 1 fully saturated rings. The zero-order valence-electron chi connectivity index (χ0n) is 17.4. The third-order valence-electron chi connectivity index (χ3n) is 5.70. The lowest BCUT2D eigenvalue weighted by Crippen LogP contribution is -2.37. The van der Waals surface area contributed by atoms with Gasteiger partial charge in [-0.1, -0.05) is 12.1 Å². The Balaban J connectivity index is 1.16. The van der Waals surface area contributed by atoms with E-state index in [4.69, 9.17) is 4.42 Å². The SMILES string of the molecule is Cc1ncc(CN2CCC(C(=O)Nc3ccc(-c4nc5ccccc5o4)cc3)CC2)s1. The van der Waals surface area contributed by atoms with Crippen LogP contribution in [-0.4, -0.2) is 33.9 Å². The lowest BCUT2D eigenvalue weighted by Gasteiger charge is -2.30. The molecule has 3 heterocycles. The molecule has 0 unspecified atom stereocenters. The van der Waals surface area contributed by atoms with Gasteiger partial charge in [-0.3, -0.25) is 9.69 Å². The van der Waals surface area contributed by atoms with Crippen LogP contribution in [0.4, 0.5) is 5.69 Å². The minimum absolute atomic E-state index is 0.0520. The predicted octanol–water partition coefficient (Wildman–Crippen LogP) is 5.11. The highest BCUT2D eigenvalue weighted by Gasteiger charge is 2.25. The monoisotopic (exact) mass is 432 g/mol. The van der Waals surface area contributed by atoms with Crippen LogP contribution in [0.25, 0.3) is 22.6 Å². The maximum Gasteiger partial charge on any atom is 0.227 e. The van der Waals surface area contributed by atoms with Crippen LogP contribution in [-0.2, 0) is 11.3 Å². The Morgan fingerprint density at radius 1 is 1.16 bits per heavy atom. The van der Waals surface area contributed by atoms with Crippen molar-refractivity contribution >= 4 is 34.0 Å². The van der Waals surface area contributed by atoms with Crippen molar-refractivity contribution in [3.63, 3.8) is 0 Å². The van der Waals surface area contributed by atoms with Crippen molar-refractivity contribution in [3.05, 3.63) is 64.6 Å². The average molecular weight is 433 g/mol. The summed E-state index contributed by atoms with van der Waals surface area (Å²) in [4.78, 5) is 25.3. The molecule has 1 amide bonds. The van der Waals surface area contributed by atoms with E-state index in [-0.39, 0.29) is 11.8 Å². The summed E-state index contributed by atoms with van der Waals surface area (Å²) in [6.45, 7) is 4.83. The molecular formula is C24H24N4O2S. The molecule has 0 saturated carbocycles.